The zero-order valence-electron chi connectivity index (χ0n) is 15.5. The molecule has 7 heteroatoms. The monoisotopic (exact) mass is 383 g/mol. The molecule has 1 aromatic heterocycles. The number of benzene rings is 2. The highest BCUT2D eigenvalue weighted by molar-refractivity contribution is 6.31. The van der Waals surface area contributed by atoms with Gasteiger partial charge < -0.3 is 10.2 Å². The highest BCUT2D eigenvalue weighted by Crippen LogP contribution is 2.24. The molecule has 2 amide bonds. The fourth-order valence-electron chi connectivity index (χ4n) is 2.84. The van der Waals surface area contributed by atoms with Crippen molar-refractivity contribution in [3.63, 3.8) is 0 Å². The first kappa shape index (κ1) is 18.9. The maximum Gasteiger partial charge on any atom is 0.318 e. The topological polar surface area (TPSA) is 63.1 Å². The van der Waals surface area contributed by atoms with E-state index in [1.54, 1.807) is 23.0 Å². The van der Waals surface area contributed by atoms with Crippen molar-refractivity contribution >= 4 is 17.6 Å². The van der Waals surface area contributed by atoms with Crippen LogP contribution >= 0.6 is 11.6 Å². The molecule has 3 aromatic rings. The summed E-state index contributed by atoms with van der Waals surface area (Å²) in [6.45, 7) is 3.91. The molecule has 1 N–H and O–H groups in total. The molecule has 0 fully saturated rings. The molecule has 3 rings (SSSR count). The van der Waals surface area contributed by atoms with Gasteiger partial charge in [0.05, 0.1) is 17.8 Å². The summed E-state index contributed by atoms with van der Waals surface area (Å²) >= 11 is 6.22. The zero-order valence-corrected chi connectivity index (χ0v) is 16.3. The summed E-state index contributed by atoms with van der Waals surface area (Å²) in [6, 6.07) is 15.0. The summed E-state index contributed by atoms with van der Waals surface area (Å²) in [5.41, 5.74) is 2.84. The van der Waals surface area contributed by atoms with Gasteiger partial charge in [0.2, 0.25) is 0 Å². The molecule has 27 heavy (non-hydrogen) atoms. The Hall–Kier alpha value is -2.86. The number of nitrogens with one attached hydrogen (secondary N) is 1. The molecule has 2 unspecified atom stereocenters. The van der Waals surface area contributed by atoms with Crippen molar-refractivity contribution in [2.75, 3.05) is 7.05 Å². The summed E-state index contributed by atoms with van der Waals surface area (Å²) < 4.78 is 1.69. The molecule has 2 aromatic carbocycles. The van der Waals surface area contributed by atoms with E-state index in [0.29, 0.717) is 5.02 Å². The number of aromatic nitrogens is 3. The predicted octanol–water partition coefficient (Wildman–Crippen LogP) is 4.38. The molecule has 2 atom stereocenters. The number of carbonyl (C=O) groups excluding carboxylic acids is 1. The van der Waals surface area contributed by atoms with E-state index < -0.39 is 0 Å². The molecule has 140 valence electrons. The molecule has 0 bridgehead atoms. The van der Waals surface area contributed by atoms with E-state index in [2.05, 4.69) is 15.4 Å². The molecule has 0 aliphatic heterocycles. The van der Waals surface area contributed by atoms with Crippen LogP contribution in [-0.4, -0.2) is 32.7 Å². The summed E-state index contributed by atoms with van der Waals surface area (Å²) in [5, 5.41) is 7.76. The number of amides is 2. The van der Waals surface area contributed by atoms with E-state index in [0.717, 1.165) is 16.8 Å². The van der Waals surface area contributed by atoms with E-state index in [1.165, 1.54) is 6.33 Å². The van der Waals surface area contributed by atoms with Crippen LogP contribution in [0.1, 0.15) is 37.1 Å². The van der Waals surface area contributed by atoms with Crippen molar-refractivity contribution in [2.24, 2.45) is 0 Å². The number of carbonyl (C=O) groups is 1. The second-order valence-electron chi connectivity index (χ2n) is 6.41. The van der Waals surface area contributed by atoms with E-state index in [4.69, 9.17) is 11.6 Å². The lowest BCUT2D eigenvalue weighted by Gasteiger charge is -2.27. The van der Waals surface area contributed by atoms with Crippen molar-refractivity contribution in [3.8, 4) is 5.69 Å². The molecule has 0 saturated carbocycles. The summed E-state index contributed by atoms with van der Waals surface area (Å²) in [5.74, 6) is 0. The molecule has 0 saturated heterocycles. The van der Waals surface area contributed by atoms with Crippen LogP contribution in [0.5, 0.6) is 0 Å². The number of hydrogen-bond acceptors (Lipinski definition) is 3. The molecule has 0 spiro atoms. The summed E-state index contributed by atoms with van der Waals surface area (Å²) in [7, 11) is 1.78. The van der Waals surface area contributed by atoms with Crippen molar-refractivity contribution in [1.82, 2.24) is 25.0 Å². The first-order valence-electron chi connectivity index (χ1n) is 8.70. The first-order valence-corrected chi connectivity index (χ1v) is 9.08. The van der Waals surface area contributed by atoms with Gasteiger partial charge in [-0.1, -0.05) is 41.9 Å². The molecule has 1 heterocycles. The highest BCUT2D eigenvalue weighted by Gasteiger charge is 2.20. The standard InChI is InChI=1S/C20H22ClN5O/c1-14(18-6-4-5-7-19(18)21)24-20(27)25(3)15(2)16-8-10-17(11-9-16)26-13-22-12-23-26/h4-15H,1-3H3,(H,24,27). The fraction of sp³-hybridized carbons (Fsp3) is 0.250. The van der Waals surface area contributed by atoms with Crippen LogP contribution < -0.4 is 5.32 Å². The van der Waals surface area contributed by atoms with Gasteiger partial charge in [0.1, 0.15) is 12.7 Å². The Bertz CT molecular complexity index is 895. The number of halogens is 1. The van der Waals surface area contributed by atoms with Gasteiger partial charge in [-0.05, 0) is 43.2 Å². The lowest BCUT2D eigenvalue weighted by Crippen LogP contribution is -2.40. The molecule has 6 nitrogen and oxygen atoms in total. The minimum absolute atomic E-state index is 0.0896. The van der Waals surface area contributed by atoms with Gasteiger partial charge >= 0.3 is 6.03 Å². The maximum absolute atomic E-state index is 12.7. The number of urea groups is 1. The minimum atomic E-state index is -0.185. The van der Waals surface area contributed by atoms with Crippen molar-refractivity contribution in [2.45, 2.75) is 25.9 Å². The van der Waals surface area contributed by atoms with Crippen LogP contribution in [0.4, 0.5) is 4.79 Å². The second-order valence-corrected chi connectivity index (χ2v) is 6.82. The molecule has 0 aliphatic carbocycles. The SMILES string of the molecule is CC(NC(=O)N(C)C(C)c1ccc(-n2cncn2)cc1)c1ccccc1Cl. The minimum Gasteiger partial charge on any atom is -0.331 e. The van der Waals surface area contributed by atoms with Gasteiger partial charge in [-0.2, -0.15) is 5.10 Å². The third kappa shape index (κ3) is 4.28. The van der Waals surface area contributed by atoms with E-state index >= 15 is 0 Å². The fourth-order valence-corrected chi connectivity index (χ4v) is 3.14. The van der Waals surface area contributed by atoms with E-state index in [9.17, 15) is 4.79 Å². The summed E-state index contributed by atoms with van der Waals surface area (Å²) in [6.07, 6.45) is 3.14. The van der Waals surface area contributed by atoms with Gasteiger partial charge in [0, 0.05) is 12.1 Å². The average molecular weight is 384 g/mol. The van der Waals surface area contributed by atoms with Crippen molar-refractivity contribution < 1.29 is 4.79 Å². The van der Waals surface area contributed by atoms with Gasteiger partial charge in [-0.3, -0.25) is 0 Å². The van der Waals surface area contributed by atoms with Crippen LogP contribution in [0.3, 0.4) is 0 Å². The smallest absolute Gasteiger partial charge is 0.318 e. The molecule has 0 radical (unpaired) electrons. The van der Waals surface area contributed by atoms with Gasteiger partial charge in [0.25, 0.3) is 0 Å². The largest absolute Gasteiger partial charge is 0.331 e. The van der Waals surface area contributed by atoms with E-state index in [1.807, 2.05) is 62.4 Å². The Balaban J connectivity index is 1.66. The van der Waals surface area contributed by atoms with Crippen molar-refractivity contribution in [1.29, 1.82) is 0 Å². The van der Waals surface area contributed by atoms with Crippen LogP contribution in [0, 0.1) is 0 Å². The Kier molecular flexibility index (Phi) is 5.76. The third-order valence-electron chi connectivity index (χ3n) is 4.67. The average Bonchev–Trinajstić information content (AvgIpc) is 3.22. The Morgan fingerprint density at radius 2 is 1.85 bits per heavy atom. The Morgan fingerprint density at radius 3 is 2.48 bits per heavy atom. The normalized spacial score (nSPS) is 13.0. The molecular formula is C20H22ClN5O. The van der Waals surface area contributed by atoms with Crippen LogP contribution in [0.25, 0.3) is 5.69 Å². The number of hydrogen-bond donors (Lipinski definition) is 1. The number of rotatable bonds is 5. The van der Waals surface area contributed by atoms with Gasteiger partial charge in [-0.15, -0.1) is 0 Å². The third-order valence-corrected chi connectivity index (χ3v) is 5.02. The predicted molar refractivity (Wildman–Crippen MR) is 106 cm³/mol. The van der Waals surface area contributed by atoms with E-state index in [-0.39, 0.29) is 18.1 Å². The van der Waals surface area contributed by atoms with Crippen LogP contribution in [-0.2, 0) is 0 Å². The molecular weight excluding hydrogens is 362 g/mol. The zero-order chi connectivity index (χ0) is 19.4. The Labute approximate surface area is 163 Å². The second kappa shape index (κ2) is 8.22. The lowest BCUT2D eigenvalue weighted by atomic mass is 10.1. The molecule has 0 aliphatic rings. The van der Waals surface area contributed by atoms with Crippen LogP contribution in [0.15, 0.2) is 61.2 Å². The first-order chi connectivity index (χ1) is 13.0. The highest BCUT2D eigenvalue weighted by atomic mass is 35.5. The van der Waals surface area contributed by atoms with Crippen molar-refractivity contribution in [3.05, 3.63) is 77.3 Å². The van der Waals surface area contributed by atoms with Gasteiger partial charge in [-0.25, -0.2) is 14.5 Å². The number of nitrogens with zero attached hydrogens (tertiary/aromatic N) is 4. The lowest BCUT2D eigenvalue weighted by molar-refractivity contribution is 0.191. The van der Waals surface area contributed by atoms with Gasteiger partial charge in [0.15, 0.2) is 0 Å². The summed E-state index contributed by atoms with van der Waals surface area (Å²) in [4.78, 5) is 18.3. The Morgan fingerprint density at radius 1 is 1.15 bits per heavy atom. The quantitative estimate of drug-likeness (QED) is 0.710. The van der Waals surface area contributed by atoms with Crippen LogP contribution in [0.2, 0.25) is 5.02 Å². The maximum atomic E-state index is 12.7.